The van der Waals surface area contributed by atoms with Gasteiger partial charge in [0.15, 0.2) is 0 Å². The maximum atomic E-state index is 3.84. The molecule has 0 rings (SSSR count). The number of allylic oxidation sites excluding steroid dienone is 3. The molecule has 0 aromatic carbocycles. The number of rotatable bonds is 8. The Morgan fingerprint density at radius 2 is 1.29 bits per heavy atom. The minimum atomic E-state index is -1.20. The van der Waals surface area contributed by atoms with Crippen LogP contribution in [0, 0.1) is 0 Å². The minimum absolute atomic E-state index is 0. The molecule has 0 aliphatic rings. The van der Waals surface area contributed by atoms with E-state index in [0.717, 1.165) is 5.33 Å². The summed E-state index contributed by atoms with van der Waals surface area (Å²) in [5, 5.41) is 1.09. The maximum absolute atomic E-state index is 3.84. The van der Waals surface area contributed by atoms with Crippen LogP contribution in [0.2, 0.25) is 0 Å². The van der Waals surface area contributed by atoms with Gasteiger partial charge < -0.3 is 0 Å². The summed E-state index contributed by atoms with van der Waals surface area (Å²) >= 11 is 3.53. The second-order valence-corrected chi connectivity index (χ2v) is 8.94. The Bertz CT molecular complexity index is 152. The van der Waals surface area contributed by atoms with E-state index in [-0.39, 0.29) is 17.0 Å². The zero-order valence-corrected chi connectivity index (χ0v) is 13.0. The fourth-order valence-corrected chi connectivity index (χ4v) is 7.55. The third-order valence-electron chi connectivity index (χ3n) is 2.36. The molecular formula is C11H21Br2P. The summed E-state index contributed by atoms with van der Waals surface area (Å²) in [4.78, 5) is 0. The summed E-state index contributed by atoms with van der Waals surface area (Å²) in [5.41, 5.74) is 0. The molecule has 14 heavy (non-hydrogen) atoms. The molecule has 0 fully saturated rings. The molecule has 0 bridgehead atoms. The molecule has 0 nitrogen and oxygen atoms in total. The van der Waals surface area contributed by atoms with Crippen LogP contribution in [-0.4, -0.2) is 30.0 Å². The van der Waals surface area contributed by atoms with Gasteiger partial charge in [0.05, 0.1) is 0 Å². The molecule has 3 heteroatoms. The van der Waals surface area contributed by atoms with Crippen LogP contribution in [0.1, 0.15) is 0 Å². The molecule has 0 atom stereocenters. The van der Waals surface area contributed by atoms with Crippen LogP contribution in [-0.2, 0) is 0 Å². The fourth-order valence-electron chi connectivity index (χ4n) is 1.68. The first kappa shape index (κ1) is 17.0. The summed E-state index contributed by atoms with van der Waals surface area (Å²) in [7, 11) is -1.20. The van der Waals surface area contributed by atoms with Crippen molar-refractivity contribution in [3.63, 3.8) is 0 Å². The van der Waals surface area contributed by atoms with Crippen molar-refractivity contribution in [2.24, 2.45) is 0 Å². The Morgan fingerprint density at radius 1 is 0.929 bits per heavy atom. The van der Waals surface area contributed by atoms with Gasteiger partial charge in [-0.1, -0.05) is 0 Å². The molecule has 0 aromatic rings. The summed E-state index contributed by atoms with van der Waals surface area (Å²) in [5.74, 6) is 0. The number of hydrogen-bond acceptors (Lipinski definition) is 0. The standard InChI is InChI=1S/C11H20BrP.BrH/c1-4-8-13(9-5-2,10-6-3)11-7-12;/h4-6,13H,1-3,7-11H2;1H. The van der Waals surface area contributed by atoms with Crippen molar-refractivity contribution in [3.05, 3.63) is 38.0 Å². The fraction of sp³-hybridized carbons (Fsp3) is 0.455. The van der Waals surface area contributed by atoms with Gasteiger partial charge in [0.1, 0.15) is 0 Å². The van der Waals surface area contributed by atoms with Crippen LogP contribution in [0.15, 0.2) is 38.0 Å². The van der Waals surface area contributed by atoms with E-state index in [1.807, 2.05) is 0 Å². The first-order chi connectivity index (χ1) is 6.24. The van der Waals surface area contributed by atoms with E-state index in [1.165, 1.54) is 24.6 Å². The zero-order valence-electron chi connectivity index (χ0n) is 8.68. The molecule has 0 saturated heterocycles. The predicted octanol–water partition coefficient (Wildman–Crippen LogP) is 4.27. The molecule has 0 amide bonds. The van der Waals surface area contributed by atoms with Gasteiger partial charge in [-0.05, 0) is 0 Å². The Kier molecular flexibility index (Phi) is 12.3. The topological polar surface area (TPSA) is 0 Å². The SMILES string of the molecule is Br.C=CC[PH](CC=C)(CC=C)CCBr. The van der Waals surface area contributed by atoms with Crippen molar-refractivity contribution in [3.8, 4) is 0 Å². The number of alkyl halides is 1. The van der Waals surface area contributed by atoms with Gasteiger partial charge in [-0.25, -0.2) is 0 Å². The van der Waals surface area contributed by atoms with Crippen molar-refractivity contribution < 1.29 is 0 Å². The molecule has 0 saturated carbocycles. The first-order valence-electron chi connectivity index (χ1n) is 4.63. The second kappa shape index (κ2) is 10.1. The van der Waals surface area contributed by atoms with Crippen molar-refractivity contribution in [2.45, 2.75) is 0 Å². The monoisotopic (exact) mass is 342 g/mol. The third-order valence-corrected chi connectivity index (χ3v) is 8.26. The molecule has 0 aromatic heterocycles. The van der Waals surface area contributed by atoms with E-state index < -0.39 is 7.26 Å². The Labute approximate surface area is 108 Å². The average Bonchev–Trinajstić information content (AvgIpc) is 2.06. The van der Waals surface area contributed by atoms with E-state index in [2.05, 4.69) is 53.9 Å². The van der Waals surface area contributed by atoms with E-state index in [1.54, 1.807) is 0 Å². The first-order valence-corrected chi connectivity index (χ1v) is 8.58. The molecule has 0 radical (unpaired) electrons. The van der Waals surface area contributed by atoms with Crippen LogP contribution in [0.3, 0.4) is 0 Å². The number of hydrogen-bond donors (Lipinski definition) is 0. The van der Waals surface area contributed by atoms with E-state index in [9.17, 15) is 0 Å². The van der Waals surface area contributed by atoms with Gasteiger partial charge in [-0.3, -0.25) is 0 Å². The van der Waals surface area contributed by atoms with Gasteiger partial charge in [-0.15, -0.1) is 17.0 Å². The van der Waals surface area contributed by atoms with Gasteiger partial charge in [-0.2, -0.15) is 0 Å². The van der Waals surface area contributed by atoms with Crippen LogP contribution in [0.4, 0.5) is 0 Å². The van der Waals surface area contributed by atoms with Crippen molar-refractivity contribution in [1.29, 1.82) is 0 Å². The Balaban J connectivity index is 0. The van der Waals surface area contributed by atoms with E-state index >= 15 is 0 Å². The normalized spacial score (nSPS) is 11.2. The quantitative estimate of drug-likeness (QED) is 0.351. The van der Waals surface area contributed by atoms with Crippen molar-refractivity contribution in [1.82, 2.24) is 0 Å². The average molecular weight is 344 g/mol. The van der Waals surface area contributed by atoms with Crippen molar-refractivity contribution in [2.75, 3.05) is 30.0 Å². The van der Waals surface area contributed by atoms with Crippen LogP contribution in [0.5, 0.6) is 0 Å². The van der Waals surface area contributed by atoms with Crippen LogP contribution < -0.4 is 0 Å². The third kappa shape index (κ3) is 6.16. The molecule has 0 heterocycles. The molecular weight excluding hydrogens is 323 g/mol. The molecule has 0 spiro atoms. The zero-order chi connectivity index (χ0) is 10.2. The number of halogens is 2. The van der Waals surface area contributed by atoms with Gasteiger partial charge in [0.25, 0.3) is 0 Å². The summed E-state index contributed by atoms with van der Waals surface area (Å²) in [6.45, 7) is 11.5. The predicted molar refractivity (Wildman–Crippen MR) is 82.5 cm³/mol. The van der Waals surface area contributed by atoms with E-state index in [0.29, 0.717) is 0 Å². The summed E-state index contributed by atoms with van der Waals surface area (Å²) in [6.07, 6.45) is 11.0. The van der Waals surface area contributed by atoms with Crippen LogP contribution in [0.25, 0.3) is 0 Å². The van der Waals surface area contributed by atoms with Crippen LogP contribution >= 0.6 is 40.2 Å². The summed E-state index contributed by atoms with van der Waals surface area (Å²) < 4.78 is 0. The van der Waals surface area contributed by atoms with E-state index in [4.69, 9.17) is 0 Å². The van der Waals surface area contributed by atoms with Gasteiger partial charge >= 0.3 is 91.1 Å². The second-order valence-electron chi connectivity index (χ2n) is 3.42. The Hall–Kier alpha value is 0.610. The summed E-state index contributed by atoms with van der Waals surface area (Å²) in [6, 6.07) is 0. The molecule has 0 N–H and O–H groups in total. The van der Waals surface area contributed by atoms with Crippen molar-refractivity contribution >= 4 is 40.2 Å². The Morgan fingerprint density at radius 3 is 1.50 bits per heavy atom. The molecule has 84 valence electrons. The van der Waals surface area contributed by atoms with Gasteiger partial charge in [0.2, 0.25) is 0 Å². The van der Waals surface area contributed by atoms with Gasteiger partial charge in [0, 0.05) is 0 Å². The molecule has 0 aliphatic heterocycles. The molecule has 0 aliphatic carbocycles. The molecule has 0 unspecified atom stereocenters.